The third kappa shape index (κ3) is 1.86. The molecule has 0 amide bonds. The van der Waals surface area contributed by atoms with Gasteiger partial charge >= 0.3 is 0 Å². The molecule has 2 heterocycles. The fourth-order valence-corrected chi connectivity index (χ4v) is 3.14. The van der Waals surface area contributed by atoms with Crippen LogP contribution in [0.1, 0.15) is 16.6 Å². The van der Waals surface area contributed by atoms with E-state index >= 15 is 0 Å². The molecule has 0 saturated heterocycles. The van der Waals surface area contributed by atoms with Crippen LogP contribution in [0.2, 0.25) is 0 Å². The molecule has 0 fully saturated rings. The first kappa shape index (κ1) is 9.03. The van der Waals surface area contributed by atoms with Gasteiger partial charge in [-0.15, -0.1) is 23.1 Å². The predicted octanol–water partition coefficient (Wildman–Crippen LogP) is 2.99. The minimum absolute atomic E-state index is 0.0497. The molecule has 13 heavy (non-hydrogen) atoms. The number of hydrogen-bond donors (Lipinski definition) is 0. The molecular formula is C10H10OS2. The summed E-state index contributed by atoms with van der Waals surface area (Å²) in [6, 6.07) is 3.81. The van der Waals surface area contributed by atoms with Crippen molar-refractivity contribution in [2.75, 3.05) is 0 Å². The zero-order valence-electron chi connectivity index (χ0n) is 7.27. The van der Waals surface area contributed by atoms with Gasteiger partial charge in [0.05, 0.1) is 10.1 Å². The Morgan fingerprint density at radius 1 is 1.46 bits per heavy atom. The molecule has 0 N–H and O–H groups in total. The summed E-state index contributed by atoms with van der Waals surface area (Å²) in [7, 11) is 0. The molecule has 1 aliphatic rings. The number of carbonyl (C=O) groups excluding carboxylic acids is 1. The number of thioether (sulfide) groups is 1. The summed E-state index contributed by atoms with van der Waals surface area (Å²) >= 11 is 3.24. The van der Waals surface area contributed by atoms with Crippen molar-refractivity contribution in [3.63, 3.8) is 0 Å². The summed E-state index contributed by atoms with van der Waals surface area (Å²) in [5.41, 5.74) is 0. The maximum absolute atomic E-state index is 11.8. The fourth-order valence-electron chi connectivity index (χ4n) is 1.29. The van der Waals surface area contributed by atoms with Crippen molar-refractivity contribution in [3.05, 3.63) is 34.5 Å². The highest BCUT2D eigenvalue weighted by atomic mass is 32.2. The van der Waals surface area contributed by atoms with E-state index in [1.165, 1.54) is 11.3 Å². The second-order valence-electron chi connectivity index (χ2n) is 2.99. The minimum atomic E-state index is 0.0497. The summed E-state index contributed by atoms with van der Waals surface area (Å²) < 4.78 is 0. The van der Waals surface area contributed by atoms with Gasteiger partial charge in [-0.3, -0.25) is 4.79 Å². The molecule has 1 aromatic rings. The average Bonchev–Trinajstić information content (AvgIpc) is 2.72. The second kappa shape index (κ2) is 3.68. The van der Waals surface area contributed by atoms with E-state index in [9.17, 15) is 4.79 Å². The van der Waals surface area contributed by atoms with Gasteiger partial charge in [-0.25, -0.2) is 0 Å². The molecule has 2 unspecified atom stereocenters. The van der Waals surface area contributed by atoms with Gasteiger partial charge in [0, 0.05) is 5.25 Å². The van der Waals surface area contributed by atoms with Crippen LogP contribution in [0.4, 0.5) is 0 Å². The van der Waals surface area contributed by atoms with Crippen LogP contribution in [0, 0.1) is 0 Å². The second-order valence-corrected chi connectivity index (χ2v) is 5.46. The first-order valence-corrected chi connectivity index (χ1v) is 6.01. The topological polar surface area (TPSA) is 17.1 Å². The van der Waals surface area contributed by atoms with E-state index in [4.69, 9.17) is 0 Å². The molecule has 0 saturated carbocycles. The highest BCUT2D eigenvalue weighted by Crippen LogP contribution is 2.30. The number of Topliss-reactive ketones (excluding diaryl/α,β-unsaturated/α-hetero) is 1. The van der Waals surface area contributed by atoms with Crippen LogP contribution in [-0.2, 0) is 0 Å². The Hall–Kier alpha value is -0.540. The number of ketones is 1. The monoisotopic (exact) mass is 210 g/mol. The lowest BCUT2D eigenvalue weighted by Gasteiger charge is -2.05. The average molecular weight is 210 g/mol. The zero-order valence-corrected chi connectivity index (χ0v) is 8.90. The molecule has 3 heteroatoms. The van der Waals surface area contributed by atoms with Crippen molar-refractivity contribution >= 4 is 28.9 Å². The first-order valence-electron chi connectivity index (χ1n) is 4.19. The number of thiophene rings is 1. The lowest BCUT2D eigenvalue weighted by atomic mass is 10.2. The van der Waals surface area contributed by atoms with Gasteiger partial charge in [0.15, 0.2) is 5.78 Å². The van der Waals surface area contributed by atoms with Gasteiger partial charge in [0.2, 0.25) is 0 Å². The summed E-state index contributed by atoms with van der Waals surface area (Å²) in [6.45, 7) is 2.11. The number of hydrogen-bond acceptors (Lipinski definition) is 3. The Balaban J connectivity index is 2.11. The van der Waals surface area contributed by atoms with Gasteiger partial charge in [0.25, 0.3) is 0 Å². The van der Waals surface area contributed by atoms with E-state index in [0.29, 0.717) is 5.25 Å². The quantitative estimate of drug-likeness (QED) is 0.551. The molecule has 2 rings (SSSR count). The number of rotatable bonds is 2. The summed E-state index contributed by atoms with van der Waals surface area (Å²) in [4.78, 5) is 12.7. The van der Waals surface area contributed by atoms with E-state index in [-0.39, 0.29) is 11.0 Å². The highest BCUT2D eigenvalue weighted by molar-refractivity contribution is 8.01. The smallest absolute Gasteiger partial charge is 0.189 e. The molecule has 2 atom stereocenters. The van der Waals surface area contributed by atoms with E-state index in [2.05, 4.69) is 13.0 Å². The molecule has 1 aliphatic heterocycles. The highest BCUT2D eigenvalue weighted by Gasteiger charge is 2.24. The Labute approximate surface area is 85.9 Å². The van der Waals surface area contributed by atoms with E-state index in [1.54, 1.807) is 11.8 Å². The lowest BCUT2D eigenvalue weighted by molar-refractivity contribution is 0.101. The molecule has 1 nitrogen and oxygen atoms in total. The minimum Gasteiger partial charge on any atom is -0.292 e. The van der Waals surface area contributed by atoms with Crippen molar-refractivity contribution in [1.29, 1.82) is 0 Å². The normalized spacial score (nSPS) is 26.5. The summed E-state index contributed by atoms with van der Waals surface area (Å²) in [6.07, 6.45) is 4.11. The van der Waals surface area contributed by atoms with Gasteiger partial charge < -0.3 is 0 Å². The Morgan fingerprint density at radius 3 is 2.85 bits per heavy atom. The molecule has 0 radical (unpaired) electrons. The van der Waals surface area contributed by atoms with Crippen LogP contribution in [0.3, 0.4) is 0 Å². The zero-order chi connectivity index (χ0) is 9.26. The maximum Gasteiger partial charge on any atom is 0.189 e. The van der Waals surface area contributed by atoms with Gasteiger partial charge in [0.1, 0.15) is 0 Å². The van der Waals surface area contributed by atoms with E-state index in [0.717, 1.165) is 4.88 Å². The predicted molar refractivity (Wildman–Crippen MR) is 58.6 cm³/mol. The standard InChI is InChI=1S/C10H10OS2/c1-7-4-5-9(13-7)10(11)8-3-2-6-12-8/h2-7,9H,1H3. The molecular weight excluding hydrogens is 200 g/mol. The number of carbonyl (C=O) groups is 1. The fraction of sp³-hybridized carbons (Fsp3) is 0.300. The third-order valence-corrected chi connectivity index (χ3v) is 4.08. The van der Waals surface area contributed by atoms with Crippen LogP contribution < -0.4 is 0 Å². The van der Waals surface area contributed by atoms with Crippen molar-refractivity contribution in [3.8, 4) is 0 Å². The van der Waals surface area contributed by atoms with Gasteiger partial charge in [-0.2, -0.15) is 0 Å². The third-order valence-electron chi connectivity index (χ3n) is 1.94. The van der Waals surface area contributed by atoms with Crippen molar-refractivity contribution in [2.24, 2.45) is 0 Å². The summed E-state index contributed by atoms with van der Waals surface area (Å²) in [5, 5.41) is 2.47. The van der Waals surface area contributed by atoms with Gasteiger partial charge in [-0.05, 0) is 18.4 Å². The largest absolute Gasteiger partial charge is 0.292 e. The molecule has 0 bridgehead atoms. The lowest BCUT2D eigenvalue weighted by Crippen LogP contribution is -2.11. The SMILES string of the molecule is CC1C=CC(C(=O)c2cccs2)S1. The van der Waals surface area contributed by atoms with Gasteiger partial charge in [-0.1, -0.05) is 18.2 Å². The van der Waals surface area contributed by atoms with E-state index < -0.39 is 0 Å². The Kier molecular flexibility index (Phi) is 2.56. The van der Waals surface area contributed by atoms with Crippen LogP contribution in [0.5, 0.6) is 0 Å². The van der Waals surface area contributed by atoms with Crippen molar-refractivity contribution in [2.45, 2.75) is 17.4 Å². The molecule has 1 aromatic heterocycles. The first-order chi connectivity index (χ1) is 6.27. The summed E-state index contributed by atoms with van der Waals surface area (Å²) in [5.74, 6) is 0.251. The molecule has 68 valence electrons. The van der Waals surface area contributed by atoms with E-state index in [1.807, 2.05) is 23.6 Å². The molecule has 0 aliphatic carbocycles. The van der Waals surface area contributed by atoms with Crippen LogP contribution in [0.25, 0.3) is 0 Å². The molecule has 0 aromatic carbocycles. The Bertz CT molecular complexity index is 327. The van der Waals surface area contributed by atoms with Crippen molar-refractivity contribution < 1.29 is 4.79 Å². The molecule has 0 spiro atoms. The van der Waals surface area contributed by atoms with Crippen molar-refractivity contribution in [1.82, 2.24) is 0 Å². The maximum atomic E-state index is 11.8. The van der Waals surface area contributed by atoms with Crippen LogP contribution >= 0.6 is 23.1 Å². The van der Waals surface area contributed by atoms with Crippen LogP contribution in [0.15, 0.2) is 29.7 Å². The van der Waals surface area contributed by atoms with Crippen LogP contribution in [-0.4, -0.2) is 16.3 Å². The Morgan fingerprint density at radius 2 is 2.31 bits per heavy atom.